The number of rotatable bonds is 5. The van der Waals surface area contributed by atoms with E-state index in [1.54, 1.807) is 11.8 Å². The maximum atomic E-state index is 11.9. The molecule has 2 rings (SSSR count). The SMILES string of the molecule is NC(=O)C1(C(CCO)c2ccccc2)NCCS1. The summed E-state index contributed by atoms with van der Waals surface area (Å²) in [5.41, 5.74) is 6.63. The van der Waals surface area contributed by atoms with Crippen molar-refractivity contribution in [2.24, 2.45) is 5.73 Å². The van der Waals surface area contributed by atoms with Crippen LogP contribution in [0.2, 0.25) is 0 Å². The van der Waals surface area contributed by atoms with E-state index < -0.39 is 4.87 Å². The fourth-order valence-electron chi connectivity index (χ4n) is 2.47. The molecule has 1 fully saturated rings. The molecule has 0 aromatic heterocycles. The zero-order valence-corrected chi connectivity index (χ0v) is 11.0. The molecule has 0 bridgehead atoms. The zero-order chi connectivity index (χ0) is 13.0. The van der Waals surface area contributed by atoms with Gasteiger partial charge in [-0.3, -0.25) is 10.1 Å². The molecule has 4 N–H and O–H groups in total. The number of amides is 1. The molecule has 0 radical (unpaired) electrons. The highest BCUT2D eigenvalue weighted by Crippen LogP contribution is 2.42. The summed E-state index contributed by atoms with van der Waals surface area (Å²) in [4.78, 5) is 11.1. The minimum atomic E-state index is -0.788. The van der Waals surface area contributed by atoms with E-state index in [1.807, 2.05) is 30.3 Å². The first-order chi connectivity index (χ1) is 8.70. The van der Waals surface area contributed by atoms with Crippen molar-refractivity contribution in [3.05, 3.63) is 35.9 Å². The van der Waals surface area contributed by atoms with Gasteiger partial charge >= 0.3 is 0 Å². The third-order valence-corrected chi connectivity index (χ3v) is 4.79. The van der Waals surface area contributed by atoms with Crippen LogP contribution in [0.4, 0.5) is 0 Å². The molecule has 2 unspecified atom stereocenters. The lowest BCUT2D eigenvalue weighted by atomic mass is 9.87. The first-order valence-corrected chi connectivity index (χ1v) is 7.04. The largest absolute Gasteiger partial charge is 0.396 e. The van der Waals surface area contributed by atoms with E-state index in [9.17, 15) is 9.90 Å². The lowest BCUT2D eigenvalue weighted by Crippen LogP contribution is -2.54. The number of nitrogens with one attached hydrogen (secondary N) is 1. The van der Waals surface area contributed by atoms with Crippen molar-refractivity contribution in [1.82, 2.24) is 5.32 Å². The average molecular weight is 266 g/mol. The Bertz CT molecular complexity index is 405. The summed E-state index contributed by atoms with van der Waals surface area (Å²) in [6, 6.07) is 9.77. The summed E-state index contributed by atoms with van der Waals surface area (Å²) < 4.78 is 0. The zero-order valence-electron chi connectivity index (χ0n) is 10.1. The highest BCUT2D eigenvalue weighted by molar-refractivity contribution is 8.01. The van der Waals surface area contributed by atoms with Crippen molar-refractivity contribution in [1.29, 1.82) is 0 Å². The van der Waals surface area contributed by atoms with Gasteiger partial charge in [-0.25, -0.2) is 0 Å². The second kappa shape index (κ2) is 5.73. The first kappa shape index (κ1) is 13.4. The molecule has 1 aromatic rings. The predicted octanol–water partition coefficient (Wildman–Crippen LogP) is 0.671. The molecular formula is C13H18N2O2S. The van der Waals surface area contributed by atoms with Gasteiger partial charge in [-0.15, -0.1) is 11.8 Å². The number of carbonyl (C=O) groups is 1. The van der Waals surface area contributed by atoms with Gasteiger partial charge in [0.05, 0.1) is 0 Å². The molecule has 2 atom stereocenters. The Hall–Kier alpha value is -1.04. The lowest BCUT2D eigenvalue weighted by Gasteiger charge is -2.34. The Morgan fingerprint density at radius 1 is 1.50 bits per heavy atom. The third-order valence-electron chi connectivity index (χ3n) is 3.30. The van der Waals surface area contributed by atoms with Gasteiger partial charge in [-0.05, 0) is 12.0 Å². The van der Waals surface area contributed by atoms with Crippen molar-refractivity contribution in [3.8, 4) is 0 Å². The maximum Gasteiger partial charge on any atom is 0.248 e. The number of benzene rings is 1. The van der Waals surface area contributed by atoms with E-state index in [-0.39, 0.29) is 18.4 Å². The molecule has 98 valence electrons. The van der Waals surface area contributed by atoms with Gasteiger partial charge in [0.2, 0.25) is 5.91 Å². The van der Waals surface area contributed by atoms with Crippen LogP contribution < -0.4 is 11.1 Å². The second-order valence-corrected chi connectivity index (χ2v) is 5.69. The van der Waals surface area contributed by atoms with Gasteiger partial charge in [0.15, 0.2) is 4.87 Å². The van der Waals surface area contributed by atoms with Crippen LogP contribution >= 0.6 is 11.8 Å². The van der Waals surface area contributed by atoms with E-state index in [4.69, 9.17) is 5.73 Å². The lowest BCUT2D eigenvalue weighted by molar-refractivity contribution is -0.121. The molecule has 1 aliphatic heterocycles. The van der Waals surface area contributed by atoms with E-state index in [2.05, 4.69) is 5.32 Å². The fraction of sp³-hybridized carbons (Fsp3) is 0.462. The van der Waals surface area contributed by atoms with Crippen LogP contribution in [0.15, 0.2) is 30.3 Å². The van der Waals surface area contributed by atoms with Crippen molar-refractivity contribution in [2.75, 3.05) is 18.9 Å². The summed E-state index contributed by atoms with van der Waals surface area (Å²) in [6.45, 7) is 0.805. The van der Waals surface area contributed by atoms with E-state index in [0.29, 0.717) is 6.42 Å². The van der Waals surface area contributed by atoms with Crippen molar-refractivity contribution in [3.63, 3.8) is 0 Å². The van der Waals surface area contributed by atoms with Crippen molar-refractivity contribution in [2.45, 2.75) is 17.2 Å². The highest BCUT2D eigenvalue weighted by Gasteiger charge is 2.47. The maximum absolute atomic E-state index is 11.9. The van der Waals surface area contributed by atoms with Crippen LogP contribution in [0.5, 0.6) is 0 Å². The first-order valence-electron chi connectivity index (χ1n) is 6.05. The predicted molar refractivity (Wildman–Crippen MR) is 73.3 cm³/mol. The number of nitrogens with two attached hydrogens (primary N) is 1. The van der Waals surface area contributed by atoms with Crippen LogP contribution in [-0.4, -0.2) is 34.8 Å². The summed E-state index contributed by atoms with van der Waals surface area (Å²) in [5, 5.41) is 12.5. The minimum absolute atomic E-state index is 0.0385. The monoisotopic (exact) mass is 266 g/mol. The van der Waals surface area contributed by atoms with Crippen LogP contribution in [0.3, 0.4) is 0 Å². The molecule has 0 saturated carbocycles. The number of primary amides is 1. The molecule has 4 nitrogen and oxygen atoms in total. The van der Waals surface area contributed by atoms with E-state index in [0.717, 1.165) is 17.9 Å². The van der Waals surface area contributed by atoms with E-state index >= 15 is 0 Å². The summed E-state index contributed by atoms with van der Waals surface area (Å²) in [6.07, 6.45) is 0.521. The van der Waals surface area contributed by atoms with Crippen LogP contribution in [0.25, 0.3) is 0 Å². The normalized spacial score (nSPS) is 24.9. The second-order valence-electron chi connectivity index (χ2n) is 4.35. The van der Waals surface area contributed by atoms with E-state index in [1.165, 1.54) is 0 Å². The Morgan fingerprint density at radius 3 is 2.72 bits per heavy atom. The molecular weight excluding hydrogens is 248 g/mol. The van der Waals surface area contributed by atoms with Gasteiger partial charge in [0.1, 0.15) is 0 Å². The van der Waals surface area contributed by atoms with Crippen LogP contribution in [0, 0.1) is 0 Å². The van der Waals surface area contributed by atoms with Crippen molar-refractivity contribution >= 4 is 17.7 Å². The Kier molecular flexibility index (Phi) is 4.27. The molecule has 1 saturated heterocycles. The van der Waals surface area contributed by atoms with Gasteiger partial charge in [0, 0.05) is 24.8 Å². The van der Waals surface area contributed by atoms with Gasteiger partial charge in [0.25, 0.3) is 0 Å². The highest BCUT2D eigenvalue weighted by atomic mass is 32.2. The molecule has 1 aliphatic rings. The number of carbonyl (C=O) groups excluding carboxylic acids is 1. The van der Waals surface area contributed by atoms with Crippen LogP contribution in [0.1, 0.15) is 17.9 Å². The average Bonchev–Trinajstić information content (AvgIpc) is 2.87. The summed E-state index contributed by atoms with van der Waals surface area (Å²) in [7, 11) is 0. The number of aliphatic hydroxyl groups excluding tert-OH is 1. The van der Waals surface area contributed by atoms with Gasteiger partial charge < -0.3 is 10.8 Å². The minimum Gasteiger partial charge on any atom is -0.396 e. The number of hydrogen-bond donors (Lipinski definition) is 3. The molecule has 18 heavy (non-hydrogen) atoms. The topological polar surface area (TPSA) is 75.4 Å². The fourth-order valence-corrected chi connectivity index (χ4v) is 3.80. The quantitative estimate of drug-likeness (QED) is 0.732. The molecule has 5 heteroatoms. The number of thioether (sulfide) groups is 1. The Labute approximate surface area is 111 Å². The standard InChI is InChI=1S/C13H18N2O2S/c14-12(17)13(15-7-9-18-13)11(6-8-16)10-4-2-1-3-5-10/h1-5,11,15-16H,6-9H2,(H2,14,17). The molecule has 0 aliphatic carbocycles. The molecule has 1 aromatic carbocycles. The molecule has 1 heterocycles. The van der Waals surface area contributed by atoms with Gasteiger partial charge in [-0.1, -0.05) is 30.3 Å². The van der Waals surface area contributed by atoms with Crippen LogP contribution in [-0.2, 0) is 4.79 Å². The summed E-state index contributed by atoms with van der Waals surface area (Å²) in [5.74, 6) is 0.401. The molecule has 0 spiro atoms. The molecule has 1 amide bonds. The van der Waals surface area contributed by atoms with Gasteiger partial charge in [-0.2, -0.15) is 0 Å². The number of aliphatic hydroxyl groups is 1. The Balaban J connectivity index is 2.37. The third kappa shape index (κ3) is 2.39. The number of hydrogen-bond acceptors (Lipinski definition) is 4. The Morgan fingerprint density at radius 2 is 2.22 bits per heavy atom. The smallest absolute Gasteiger partial charge is 0.248 e. The summed E-state index contributed by atoms with van der Waals surface area (Å²) >= 11 is 1.54. The van der Waals surface area contributed by atoms with Crippen molar-refractivity contribution < 1.29 is 9.90 Å².